The standard InChI is InChI=1S/C10H18N2.C2H6/c1-4-5-9(2)10-8-12(3)7-6-11-10;1-2/h4-5,10-11H,1,6-8H2,2-3H3;1-2H3/b9-5+;. The summed E-state index contributed by atoms with van der Waals surface area (Å²) in [6.07, 6.45) is 3.93. The molecule has 1 rings (SSSR count). The molecule has 0 spiro atoms. The zero-order valence-electron chi connectivity index (χ0n) is 10.0. The lowest BCUT2D eigenvalue weighted by molar-refractivity contribution is 0.256. The Hall–Kier alpha value is -0.600. The van der Waals surface area contributed by atoms with Crippen molar-refractivity contribution in [3.63, 3.8) is 0 Å². The highest BCUT2D eigenvalue weighted by Gasteiger charge is 2.16. The monoisotopic (exact) mass is 196 g/mol. The van der Waals surface area contributed by atoms with Gasteiger partial charge in [0.15, 0.2) is 0 Å². The molecule has 1 unspecified atom stereocenters. The van der Waals surface area contributed by atoms with E-state index in [9.17, 15) is 0 Å². The number of hydrogen-bond donors (Lipinski definition) is 1. The first kappa shape index (κ1) is 13.4. The number of nitrogens with zero attached hydrogens (tertiary/aromatic N) is 1. The van der Waals surface area contributed by atoms with Crippen molar-refractivity contribution in [1.82, 2.24) is 10.2 Å². The van der Waals surface area contributed by atoms with Crippen LogP contribution in [0.25, 0.3) is 0 Å². The summed E-state index contributed by atoms with van der Waals surface area (Å²) in [5.74, 6) is 0. The van der Waals surface area contributed by atoms with E-state index in [0.29, 0.717) is 6.04 Å². The van der Waals surface area contributed by atoms with Gasteiger partial charge in [-0.05, 0) is 14.0 Å². The summed E-state index contributed by atoms with van der Waals surface area (Å²) in [6, 6.07) is 0.516. The van der Waals surface area contributed by atoms with Crippen LogP contribution in [0.1, 0.15) is 20.8 Å². The van der Waals surface area contributed by atoms with Crippen LogP contribution in [0, 0.1) is 0 Å². The molecule has 1 aliphatic heterocycles. The molecule has 0 aliphatic carbocycles. The molecule has 0 saturated carbocycles. The van der Waals surface area contributed by atoms with E-state index in [4.69, 9.17) is 0 Å². The summed E-state index contributed by atoms with van der Waals surface area (Å²) in [6.45, 7) is 13.2. The molecule has 2 heteroatoms. The van der Waals surface area contributed by atoms with Gasteiger partial charge in [-0.3, -0.25) is 0 Å². The van der Waals surface area contributed by atoms with Gasteiger partial charge in [-0.1, -0.05) is 38.2 Å². The third-order valence-corrected chi connectivity index (χ3v) is 2.31. The Morgan fingerprint density at radius 3 is 2.64 bits per heavy atom. The molecule has 0 bridgehead atoms. The van der Waals surface area contributed by atoms with E-state index in [1.54, 1.807) is 0 Å². The molecule has 14 heavy (non-hydrogen) atoms. The molecule has 1 N–H and O–H groups in total. The third-order valence-electron chi connectivity index (χ3n) is 2.31. The van der Waals surface area contributed by atoms with Gasteiger partial charge in [0.05, 0.1) is 0 Å². The number of piperazine rings is 1. The maximum Gasteiger partial charge on any atom is 0.0409 e. The smallest absolute Gasteiger partial charge is 0.0409 e. The predicted molar refractivity (Wildman–Crippen MR) is 64.6 cm³/mol. The topological polar surface area (TPSA) is 15.3 Å². The molecule has 1 atom stereocenters. The molecule has 0 radical (unpaired) electrons. The average molecular weight is 196 g/mol. The van der Waals surface area contributed by atoms with Crippen molar-refractivity contribution in [2.45, 2.75) is 26.8 Å². The molecule has 1 heterocycles. The second kappa shape index (κ2) is 7.77. The van der Waals surface area contributed by atoms with Crippen LogP contribution in [0.15, 0.2) is 24.3 Å². The first-order valence-electron chi connectivity index (χ1n) is 5.45. The van der Waals surface area contributed by atoms with Crippen LogP contribution in [-0.2, 0) is 0 Å². The van der Waals surface area contributed by atoms with Gasteiger partial charge in [0.2, 0.25) is 0 Å². The van der Waals surface area contributed by atoms with E-state index in [0.717, 1.165) is 19.6 Å². The van der Waals surface area contributed by atoms with E-state index >= 15 is 0 Å². The van der Waals surface area contributed by atoms with E-state index in [2.05, 4.69) is 36.8 Å². The fraction of sp³-hybridized carbons (Fsp3) is 0.667. The summed E-state index contributed by atoms with van der Waals surface area (Å²) in [7, 11) is 2.16. The molecular weight excluding hydrogens is 172 g/mol. The molecule has 0 aromatic carbocycles. The van der Waals surface area contributed by atoms with Crippen molar-refractivity contribution in [2.75, 3.05) is 26.7 Å². The summed E-state index contributed by atoms with van der Waals surface area (Å²) in [4.78, 5) is 2.35. The molecule has 0 amide bonds. The minimum absolute atomic E-state index is 0.516. The van der Waals surface area contributed by atoms with Crippen LogP contribution in [-0.4, -0.2) is 37.6 Å². The van der Waals surface area contributed by atoms with Crippen molar-refractivity contribution in [3.8, 4) is 0 Å². The van der Waals surface area contributed by atoms with E-state index in [1.807, 2.05) is 19.9 Å². The van der Waals surface area contributed by atoms with Crippen molar-refractivity contribution < 1.29 is 0 Å². The maximum absolute atomic E-state index is 3.70. The van der Waals surface area contributed by atoms with Crippen LogP contribution in [0.2, 0.25) is 0 Å². The van der Waals surface area contributed by atoms with Crippen LogP contribution >= 0.6 is 0 Å². The maximum atomic E-state index is 3.70. The highest BCUT2D eigenvalue weighted by Crippen LogP contribution is 2.06. The van der Waals surface area contributed by atoms with Crippen LogP contribution in [0.4, 0.5) is 0 Å². The number of hydrogen-bond acceptors (Lipinski definition) is 2. The first-order valence-corrected chi connectivity index (χ1v) is 5.45. The van der Waals surface area contributed by atoms with Gasteiger partial charge in [-0.25, -0.2) is 0 Å². The van der Waals surface area contributed by atoms with Crippen molar-refractivity contribution >= 4 is 0 Å². The van der Waals surface area contributed by atoms with Gasteiger partial charge in [-0.2, -0.15) is 0 Å². The predicted octanol–water partition coefficient (Wildman–Crippen LogP) is 2.05. The molecular formula is C12H24N2. The van der Waals surface area contributed by atoms with Gasteiger partial charge < -0.3 is 10.2 Å². The highest BCUT2D eigenvalue weighted by atomic mass is 15.2. The Morgan fingerprint density at radius 2 is 2.14 bits per heavy atom. The zero-order chi connectivity index (χ0) is 11.0. The summed E-state index contributed by atoms with van der Waals surface area (Å²) < 4.78 is 0. The number of likely N-dealkylation sites (N-methyl/N-ethyl adjacent to an activating group) is 1. The lowest BCUT2D eigenvalue weighted by Crippen LogP contribution is -2.49. The fourth-order valence-corrected chi connectivity index (χ4v) is 1.50. The molecule has 1 fully saturated rings. The van der Waals surface area contributed by atoms with Crippen LogP contribution in [0.5, 0.6) is 0 Å². The van der Waals surface area contributed by atoms with Gasteiger partial charge in [0, 0.05) is 25.7 Å². The quantitative estimate of drug-likeness (QED) is 0.680. The SMILES string of the molecule is C=C/C=C(\C)C1CN(C)CCN1.CC. The average Bonchev–Trinajstić information content (AvgIpc) is 2.21. The lowest BCUT2D eigenvalue weighted by Gasteiger charge is -2.31. The first-order chi connectivity index (χ1) is 6.74. The number of allylic oxidation sites excluding steroid dienone is 2. The molecule has 0 aromatic rings. The largest absolute Gasteiger partial charge is 0.308 e. The van der Waals surface area contributed by atoms with Gasteiger partial charge in [0.25, 0.3) is 0 Å². The Kier molecular flexibility index (Phi) is 7.44. The van der Waals surface area contributed by atoms with Crippen LogP contribution < -0.4 is 5.32 Å². The van der Waals surface area contributed by atoms with E-state index in [1.165, 1.54) is 5.57 Å². The molecule has 0 aromatic heterocycles. The van der Waals surface area contributed by atoms with Crippen molar-refractivity contribution in [1.29, 1.82) is 0 Å². The Morgan fingerprint density at radius 1 is 1.50 bits per heavy atom. The normalized spacial score (nSPS) is 23.7. The van der Waals surface area contributed by atoms with Crippen molar-refractivity contribution in [3.05, 3.63) is 24.3 Å². The minimum atomic E-state index is 0.516. The summed E-state index contributed by atoms with van der Waals surface area (Å²) in [5.41, 5.74) is 1.37. The molecule has 2 nitrogen and oxygen atoms in total. The fourth-order valence-electron chi connectivity index (χ4n) is 1.50. The Bertz CT molecular complexity index is 185. The molecule has 1 aliphatic rings. The number of nitrogens with one attached hydrogen (secondary N) is 1. The van der Waals surface area contributed by atoms with E-state index in [-0.39, 0.29) is 0 Å². The lowest BCUT2D eigenvalue weighted by atomic mass is 10.1. The highest BCUT2D eigenvalue weighted by molar-refractivity contribution is 5.15. The second-order valence-corrected chi connectivity index (χ2v) is 3.42. The Balaban J connectivity index is 0.000000791. The van der Waals surface area contributed by atoms with Gasteiger partial charge in [-0.15, -0.1) is 0 Å². The Labute approximate surface area is 88.7 Å². The summed E-state index contributed by atoms with van der Waals surface area (Å²) in [5, 5.41) is 3.48. The third kappa shape index (κ3) is 4.58. The summed E-state index contributed by atoms with van der Waals surface area (Å²) >= 11 is 0. The van der Waals surface area contributed by atoms with Crippen LogP contribution in [0.3, 0.4) is 0 Å². The van der Waals surface area contributed by atoms with E-state index < -0.39 is 0 Å². The molecule has 1 saturated heterocycles. The molecule has 82 valence electrons. The van der Waals surface area contributed by atoms with Gasteiger partial charge >= 0.3 is 0 Å². The second-order valence-electron chi connectivity index (χ2n) is 3.42. The minimum Gasteiger partial charge on any atom is -0.308 e. The zero-order valence-corrected chi connectivity index (χ0v) is 10.0. The van der Waals surface area contributed by atoms with Gasteiger partial charge in [0.1, 0.15) is 0 Å². The van der Waals surface area contributed by atoms with Crippen molar-refractivity contribution in [2.24, 2.45) is 0 Å². The number of rotatable bonds is 2.